The molecule has 0 spiro atoms. The predicted molar refractivity (Wildman–Crippen MR) is 76.5 cm³/mol. The number of nitrogens with one attached hydrogen (secondary N) is 1. The summed E-state index contributed by atoms with van der Waals surface area (Å²) in [5.74, 6) is -0.778. The van der Waals surface area contributed by atoms with Crippen LogP contribution in [-0.2, 0) is 9.59 Å². The zero-order chi connectivity index (χ0) is 14.1. The molecule has 1 unspecified atom stereocenters. The third-order valence-electron chi connectivity index (χ3n) is 3.05. The maximum Gasteiger partial charge on any atom is 0.303 e. The van der Waals surface area contributed by atoms with Gasteiger partial charge in [0.05, 0.1) is 5.92 Å². The number of thiophene rings is 1. The van der Waals surface area contributed by atoms with E-state index in [4.69, 9.17) is 5.11 Å². The molecule has 2 N–H and O–H groups in total. The highest BCUT2D eigenvalue weighted by molar-refractivity contribution is 7.08. The SMILES string of the molecule is CC(C(=O)NCCCCCCC(=O)O)c1ccsc1. The molecule has 1 aromatic rings. The lowest BCUT2D eigenvalue weighted by Crippen LogP contribution is -2.28. The number of amides is 1. The number of carboxylic acid groups (broad SMARTS) is 1. The summed E-state index contributed by atoms with van der Waals surface area (Å²) in [6.45, 7) is 2.57. The smallest absolute Gasteiger partial charge is 0.303 e. The molecule has 1 aromatic heterocycles. The second-order valence-corrected chi connectivity index (χ2v) is 5.41. The van der Waals surface area contributed by atoms with Gasteiger partial charge in [-0.1, -0.05) is 12.8 Å². The van der Waals surface area contributed by atoms with Crippen LogP contribution in [0, 0.1) is 0 Å². The van der Waals surface area contributed by atoms with Gasteiger partial charge in [0.15, 0.2) is 0 Å². The Bertz CT molecular complexity index is 389. The molecule has 0 radical (unpaired) electrons. The number of rotatable bonds is 9. The summed E-state index contributed by atoms with van der Waals surface area (Å²) >= 11 is 1.60. The van der Waals surface area contributed by atoms with E-state index in [1.54, 1.807) is 11.3 Å². The van der Waals surface area contributed by atoms with Gasteiger partial charge in [-0.05, 0) is 42.2 Å². The summed E-state index contributed by atoms with van der Waals surface area (Å²) in [7, 11) is 0. The summed E-state index contributed by atoms with van der Waals surface area (Å²) < 4.78 is 0. The molecule has 1 amide bonds. The van der Waals surface area contributed by atoms with Crippen LogP contribution < -0.4 is 5.32 Å². The number of hydrogen-bond donors (Lipinski definition) is 2. The van der Waals surface area contributed by atoms with Gasteiger partial charge in [-0.2, -0.15) is 11.3 Å². The van der Waals surface area contributed by atoms with E-state index in [0.717, 1.165) is 24.8 Å². The van der Waals surface area contributed by atoms with Crippen LogP contribution in [0.5, 0.6) is 0 Å². The van der Waals surface area contributed by atoms with Crippen molar-refractivity contribution in [3.63, 3.8) is 0 Å². The van der Waals surface area contributed by atoms with Crippen LogP contribution in [0.25, 0.3) is 0 Å². The molecular formula is C14H21NO3S. The highest BCUT2D eigenvalue weighted by atomic mass is 32.1. The fourth-order valence-corrected chi connectivity index (χ4v) is 2.55. The van der Waals surface area contributed by atoms with Crippen LogP contribution in [0.1, 0.15) is 50.5 Å². The lowest BCUT2D eigenvalue weighted by molar-refractivity contribution is -0.137. The normalized spacial score (nSPS) is 12.1. The van der Waals surface area contributed by atoms with Gasteiger partial charge in [0.1, 0.15) is 0 Å². The molecule has 0 aliphatic rings. The first-order chi connectivity index (χ1) is 9.11. The predicted octanol–water partition coefficient (Wildman–Crippen LogP) is 3.00. The fraction of sp³-hybridized carbons (Fsp3) is 0.571. The van der Waals surface area contributed by atoms with Gasteiger partial charge in [-0.3, -0.25) is 9.59 Å². The number of carbonyl (C=O) groups is 2. The topological polar surface area (TPSA) is 66.4 Å². The molecule has 0 aliphatic carbocycles. The number of hydrogen-bond acceptors (Lipinski definition) is 3. The molecule has 19 heavy (non-hydrogen) atoms. The van der Waals surface area contributed by atoms with Gasteiger partial charge in [0.25, 0.3) is 0 Å². The lowest BCUT2D eigenvalue weighted by Gasteiger charge is -2.10. The van der Waals surface area contributed by atoms with Crippen molar-refractivity contribution in [2.45, 2.75) is 44.9 Å². The average Bonchev–Trinajstić information content (AvgIpc) is 2.89. The van der Waals surface area contributed by atoms with Gasteiger partial charge in [-0.25, -0.2) is 0 Å². The van der Waals surface area contributed by atoms with Crippen molar-refractivity contribution >= 4 is 23.2 Å². The summed E-state index contributed by atoms with van der Waals surface area (Å²) in [4.78, 5) is 22.1. The zero-order valence-electron chi connectivity index (χ0n) is 11.2. The molecule has 0 saturated carbocycles. The number of carbonyl (C=O) groups excluding carboxylic acids is 1. The Morgan fingerprint density at radius 1 is 1.32 bits per heavy atom. The third-order valence-corrected chi connectivity index (χ3v) is 3.75. The minimum Gasteiger partial charge on any atom is -0.481 e. The molecule has 1 atom stereocenters. The van der Waals surface area contributed by atoms with E-state index in [0.29, 0.717) is 13.0 Å². The Morgan fingerprint density at radius 2 is 2.05 bits per heavy atom. The van der Waals surface area contributed by atoms with Crippen molar-refractivity contribution in [1.29, 1.82) is 0 Å². The monoisotopic (exact) mass is 283 g/mol. The van der Waals surface area contributed by atoms with Gasteiger partial charge in [0.2, 0.25) is 5.91 Å². The van der Waals surface area contributed by atoms with E-state index >= 15 is 0 Å². The van der Waals surface area contributed by atoms with Crippen molar-refractivity contribution in [1.82, 2.24) is 5.32 Å². The number of aliphatic carboxylic acids is 1. The summed E-state index contributed by atoms with van der Waals surface area (Å²) in [5, 5.41) is 15.4. The minimum absolute atomic E-state index is 0.0592. The Balaban J connectivity index is 2.06. The quantitative estimate of drug-likeness (QED) is 0.685. The Morgan fingerprint density at radius 3 is 2.68 bits per heavy atom. The molecule has 0 bridgehead atoms. The molecule has 1 rings (SSSR count). The second-order valence-electron chi connectivity index (χ2n) is 4.63. The lowest BCUT2D eigenvalue weighted by atomic mass is 10.0. The minimum atomic E-state index is -0.738. The highest BCUT2D eigenvalue weighted by Gasteiger charge is 2.14. The number of unbranched alkanes of at least 4 members (excludes halogenated alkanes) is 3. The number of carboxylic acids is 1. The van der Waals surface area contributed by atoms with Crippen LogP contribution >= 0.6 is 11.3 Å². The van der Waals surface area contributed by atoms with E-state index in [1.165, 1.54) is 0 Å². The Hall–Kier alpha value is -1.36. The molecule has 106 valence electrons. The molecule has 0 aromatic carbocycles. The maximum atomic E-state index is 11.8. The van der Waals surface area contributed by atoms with Gasteiger partial charge >= 0.3 is 5.97 Å². The van der Waals surface area contributed by atoms with E-state index in [2.05, 4.69) is 5.32 Å². The van der Waals surface area contributed by atoms with Gasteiger partial charge < -0.3 is 10.4 Å². The van der Waals surface area contributed by atoms with Gasteiger partial charge in [-0.15, -0.1) is 0 Å². The maximum absolute atomic E-state index is 11.8. The van der Waals surface area contributed by atoms with Crippen molar-refractivity contribution in [2.24, 2.45) is 0 Å². The van der Waals surface area contributed by atoms with Crippen LogP contribution in [0.4, 0.5) is 0 Å². The third kappa shape index (κ3) is 6.38. The standard InChI is InChI=1S/C14H21NO3S/c1-11(12-7-9-19-10-12)14(18)15-8-5-3-2-4-6-13(16)17/h7,9-11H,2-6,8H2,1H3,(H,15,18)(H,16,17). The molecule has 0 aliphatic heterocycles. The van der Waals surface area contributed by atoms with Crippen molar-refractivity contribution in [2.75, 3.05) is 6.54 Å². The van der Waals surface area contributed by atoms with Gasteiger partial charge in [0, 0.05) is 13.0 Å². The first kappa shape index (κ1) is 15.7. The highest BCUT2D eigenvalue weighted by Crippen LogP contribution is 2.18. The molecule has 1 heterocycles. The summed E-state index contributed by atoms with van der Waals surface area (Å²) in [6.07, 6.45) is 3.72. The molecular weight excluding hydrogens is 262 g/mol. The van der Waals surface area contributed by atoms with Crippen molar-refractivity contribution in [3.8, 4) is 0 Å². The van der Waals surface area contributed by atoms with E-state index < -0.39 is 5.97 Å². The fourth-order valence-electron chi connectivity index (χ4n) is 1.79. The first-order valence-electron chi connectivity index (χ1n) is 6.63. The second kappa shape index (κ2) is 8.69. The van der Waals surface area contributed by atoms with E-state index in [-0.39, 0.29) is 18.2 Å². The summed E-state index contributed by atoms with van der Waals surface area (Å²) in [5.41, 5.74) is 1.06. The largest absolute Gasteiger partial charge is 0.481 e. The Kier molecular flexibility index (Phi) is 7.18. The van der Waals surface area contributed by atoms with Crippen LogP contribution in [0.15, 0.2) is 16.8 Å². The zero-order valence-corrected chi connectivity index (χ0v) is 12.0. The van der Waals surface area contributed by atoms with E-state index in [9.17, 15) is 9.59 Å². The Labute approximate surface area is 117 Å². The van der Waals surface area contributed by atoms with Crippen LogP contribution in [0.2, 0.25) is 0 Å². The molecule has 0 saturated heterocycles. The first-order valence-corrected chi connectivity index (χ1v) is 7.57. The molecule has 0 fully saturated rings. The van der Waals surface area contributed by atoms with Crippen LogP contribution in [-0.4, -0.2) is 23.5 Å². The average molecular weight is 283 g/mol. The molecule has 5 heteroatoms. The molecule has 4 nitrogen and oxygen atoms in total. The van der Waals surface area contributed by atoms with Crippen molar-refractivity contribution in [3.05, 3.63) is 22.4 Å². The van der Waals surface area contributed by atoms with Crippen molar-refractivity contribution < 1.29 is 14.7 Å². The van der Waals surface area contributed by atoms with E-state index in [1.807, 2.05) is 23.8 Å². The van der Waals surface area contributed by atoms with Crippen LogP contribution in [0.3, 0.4) is 0 Å². The summed E-state index contributed by atoms with van der Waals surface area (Å²) in [6, 6.07) is 1.97.